The molecule has 2 N–H and O–H groups in total. The number of ether oxygens (including phenoxy) is 2. The summed E-state index contributed by atoms with van der Waals surface area (Å²) < 4.78 is 52.3. The number of nitrogens with zero attached hydrogens (tertiary/aromatic N) is 3. The van der Waals surface area contributed by atoms with Gasteiger partial charge in [-0.25, -0.2) is 18.3 Å². The molecule has 0 unspecified atom stereocenters. The zero-order valence-electron chi connectivity index (χ0n) is 20.5. The molecule has 2 heterocycles. The van der Waals surface area contributed by atoms with E-state index >= 15 is 0 Å². The topological polar surface area (TPSA) is 112 Å². The summed E-state index contributed by atoms with van der Waals surface area (Å²) in [7, 11) is -2.48. The molecule has 198 valence electrons. The first-order chi connectivity index (χ1) is 16.8. The first-order valence-corrected chi connectivity index (χ1v) is 13.6. The molecule has 2 aliphatic heterocycles. The predicted octanol–water partition coefficient (Wildman–Crippen LogP) is 1.44. The number of hydrogen-bond acceptors (Lipinski definition) is 8. The second kappa shape index (κ2) is 12.3. The number of halogens is 1. The van der Waals surface area contributed by atoms with Crippen LogP contribution in [0, 0.1) is 5.82 Å². The smallest absolute Gasteiger partial charge is 0.266 e. The van der Waals surface area contributed by atoms with Crippen LogP contribution in [0.1, 0.15) is 32.6 Å². The van der Waals surface area contributed by atoms with Crippen molar-refractivity contribution in [2.45, 2.75) is 37.4 Å². The van der Waals surface area contributed by atoms with E-state index in [9.17, 15) is 22.8 Å². The van der Waals surface area contributed by atoms with E-state index in [4.69, 9.17) is 9.47 Å². The fourth-order valence-electron chi connectivity index (χ4n) is 4.65. The molecule has 3 rings (SSSR count). The van der Waals surface area contributed by atoms with E-state index < -0.39 is 26.5 Å². The highest BCUT2D eigenvalue weighted by Gasteiger charge is 2.55. The number of methoxy groups -OCH3 is 1. The molecule has 2 saturated heterocycles. The highest BCUT2D eigenvalue weighted by Crippen LogP contribution is 2.35. The second-order valence-corrected chi connectivity index (χ2v) is 11.2. The molecule has 0 saturated carbocycles. The minimum absolute atomic E-state index is 0.0692. The molecule has 2 fully saturated rings. The minimum Gasteiger partial charge on any atom is -0.493 e. The van der Waals surface area contributed by atoms with Crippen LogP contribution in [0.25, 0.3) is 0 Å². The summed E-state index contributed by atoms with van der Waals surface area (Å²) in [6, 6.07) is 4.72. The summed E-state index contributed by atoms with van der Waals surface area (Å²) >= 11 is 0. The van der Waals surface area contributed by atoms with E-state index in [1.165, 1.54) is 10.4 Å². The van der Waals surface area contributed by atoms with Crippen molar-refractivity contribution in [3.63, 3.8) is 0 Å². The van der Waals surface area contributed by atoms with Crippen molar-refractivity contribution in [1.82, 2.24) is 14.7 Å². The maximum Gasteiger partial charge on any atom is 0.266 e. The number of piperidine rings is 1. The lowest BCUT2D eigenvalue weighted by Gasteiger charge is -2.44. The Hall–Kier alpha value is -1.99. The highest BCUT2D eigenvalue weighted by molar-refractivity contribution is 7.91. The van der Waals surface area contributed by atoms with E-state index in [1.54, 1.807) is 29.6 Å². The van der Waals surface area contributed by atoms with Crippen LogP contribution in [0.5, 0.6) is 5.75 Å². The molecule has 12 heteroatoms. The quantitative estimate of drug-likeness (QED) is 0.258. The Balaban J connectivity index is 1.67. The Bertz CT molecular complexity index is 947. The van der Waals surface area contributed by atoms with Crippen molar-refractivity contribution in [3.05, 3.63) is 24.0 Å². The van der Waals surface area contributed by atoms with Crippen LogP contribution < -0.4 is 15.1 Å². The van der Waals surface area contributed by atoms with Gasteiger partial charge in [0, 0.05) is 59.0 Å². The lowest BCUT2D eigenvalue weighted by Crippen LogP contribution is -2.63. The van der Waals surface area contributed by atoms with Gasteiger partial charge < -0.3 is 19.3 Å². The molecular weight excluding hydrogens is 479 g/mol. The van der Waals surface area contributed by atoms with Gasteiger partial charge in [0.1, 0.15) is 11.6 Å². The standard InChI is InChI=1S/C23H37FN4O6S/c1-3-4-16-34-19-5-6-21(20(24)18-19)27-11-13-28(14-12-27)35(31,32)23(22(29)25-30)7-9-26(10-8-23)15-17-33-2/h5-6,18,30H,3-4,7-17H2,1-2H3,(H,25,29). The lowest BCUT2D eigenvalue weighted by molar-refractivity contribution is -0.133. The third kappa shape index (κ3) is 6.05. The number of sulfonamides is 1. The van der Waals surface area contributed by atoms with Gasteiger partial charge in [-0.2, -0.15) is 4.31 Å². The van der Waals surface area contributed by atoms with Crippen molar-refractivity contribution in [2.75, 3.05) is 71.0 Å². The maximum absolute atomic E-state index is 14.8. The minimum atomic E-state index is -4.07. The highest BCUT2D eigenvalue weighted by atomic mass is 32.2. The van der Waals surface area contributed by atoms with E-state index in [0.717, 1.165) is 12.8 Å². The number of likely N-dealkylation sites (tertiary alicyclic amines) is 1. The molecule has 0 spiro atoms. The monoisotopic (exact) mass is 516 g/mol. The molecule has 10 nitrogen and oxygen atoms in total. The molecule has 0 aliphatic carbocycles. The number of hydroxylamine groups is 1. The summed E-state index contributed by atoms with van der Waals surface area (Å²) in [5.74, 6) is -0.861. The molecule has 35 heavy (non-hydrogen) atoms. The van der Waals surface area contributed by atoms with Gasteiger partial charge >= 0.3 is 0 Å². The first kappa shape index (κ1) is 27.6. The summed E-state index contributed by atoms with van der Waals surface area (Å²) in [5.41, 5.74) is 1.97. The van der Waals surface area contributed by atoms with Crippen LogP contribution in [0.2, 0.25) is 0 Å². The van der Waals surface area contributed by atoms with Crippen molar-refractivity contribution >= 4 is 21.6 Å². The molecule has 1 aromatic carbocycles. The van der Waals surface area contributed by atoms with Crippen LogP contribution >= 0.6 is 0 Å². The summed E-state index contributed by atoms with van der Waals surface area (Å²) in [5, 5.41) is 9.36. The normalized spacial score (nSPS) is 19.5. The molecule has 1 amide bonds. The van der Waals surface area contributed by atoms with Crippen molar-refractivity contribution in [3.8, 4) is 5.75 Å². The number of nitrogens with one attached hydrogen (secondary N) is 1. The number of carbonyl (C=O) groups is 1. The van der Waals surface area contributed by atoms with Gasteiger partial charge in [0.25, 0.3) is 5.91 Å². The van der Waals surface area contributed by atoms with Crippen LogP contribution in [-0.4, -0.2) is 99.6 Å². The molecular formula is C23H37FN4O6S. The van der Waals surface area contributed by atoms with Gasteiger partial charge in [-0.1, -0.05) is 13.3 Å². The number of unbranched alkanes of at least 4 members (excludes halogenated alkanes) is 1. The third-order valence-corrected chi connectivity index (χ3v) is 9.52. The number of benzene rings is 1. The largest absolute Gasteiger partial charge is 0.493 e. The van der Waals surface area contributed by atoms with E-state index in [-0.39, 0.29) is 39.0 Å². The Morgan fingerprint density at radius 1 is 1.14 bits per heavy atom. The van der Waals surface area contributed by atoms with Gasteiger partial charge in [0.05, 0.1) is 18.9 Å². The maximum atomic E-state index is 14.8. The number of amides is 1. The summed E-state index contributed by atoms with van der Waals surface area (Å²) in [6.45, 7) is 5.31. The van der Waals surface area contributed by atoms with E-state index in [0.29, 0.717) is 44.3 Å². The van der Waals surface area contributed by atoms with Crippen molar-refractivity contribution in [1.29, 1.82) is 0 Å². The summed E-state index contributed by atoms with van der Waals surface area (Å²) in [4.78, 5) is 16.5. The van der Waals surface area contributed by atoms with Crippen LogP contribution in [0.4, 0.5) is 10.1 Å². The number of piperazine rings is 1. The van der Waals surface area contributed by atoms with Gasteiger partial charge in [-0.05, 0) is 31.4 Å². The molecule has 0 atom stereocenters. The van der Waals surface area contributed by atoms with Crippen LogP contribution in [0.15, 0.2) is 18.2 Å². The zero-order chi connectivity index (χ0) is 25.5. The molecule has 2 aliphatic rings. The van der Waals surface area contributed by atoms with Gasteiger partial charge in [0.2, 0.25) is 10.0 Å². The Morgan fingerprint density at radius 2 is 1.83 bits per heavy atom. The number of carbonyl (C=O) groups excluding carboxylic acids is 1. The molecule has 0 bridgehead atoms. The van der Waals surface area contributed by atoms with Gasteiger partial charge in [-0.15, -0.1) is 0 Å². The fourth-order valence-corrected chi connectivity index (χ4v) is 6.76. The van der Waals surface area contributed by atoms with Crippen molar-refractivity contribution < 1.29 is 32.3 Å². The number of rotatable bonds is 11. The van der Waals surface area contributed by atoms with E-state index in [1.807, 2.05) is 4.90 Å². The van der Waals surface area contributed by atoms with Gasteiger partial charge in [0.15, 0.2) is 4.75 Å². The zero-order valence-corrected chi connectivity index (χ0v) is 21.4. The van der Waals surface area contributed by atoms with Crippen LogP contribution in [0.3, 0.4) is 0 Å². The Kier molecular flexibility index (Phi) is 9.70. The average Bonchev–Trinajstić information content (AvgIpc) is 2.87. The number of anilines is 1. The fraction of sp³-hybridized carbons (Fsp3) is 0.696. The summed E-state index contributed by atoms with van der Waals surface area (Å²) in [6.07, 6.45) is 2.02. The van der Waals surface area contributed by atoms with Crippen LogP contribution in [-0.2, 0) is 19.6 Å². The Labute approximate surface area is 207 Å². The third-order valence-electron chi connectivity index (χ3n) is 6.89. The SMILES string of the molecule is CCCCOc1ccc(N2CCN(S(=O)(=O)C3(C(=O)NO)CCN(CCOC)CC3)CC2)c(F)c1. The molecule has 0 aromatic heterocycles. The van der Waals surface area contributed by atoms with Crippen molar-refractivity contribution in [2.24, 2.45) is 0 Å². The molecule has 0 radical (unpaired) electrons. The second-order valence-electron chi connectivity index (χ2n) is 8.98. The Morgan fingerprint density at radius 3 is 2.40 bits per heavy atom. The van der Waals surface area contributed by atoms with Gasteiger partial charge in [-0.3, -0.25) is 10.0 Å². The number of hydrogen-bond donors (Lipinski definition) is 2. The van der Waals surface area contributed by atoms with E-state index in [2.05, 4.69) is 6.92 Å². The predicted molar refractivity (Wildman–Crippen MR) is 130 cm³/mol. The average molecular weight is 517 g/mol. The lowest BCUT2D eigenvalue weighted by atomic mass is 9.95. The molecule has 1 aromatic rings. The first-order valence-electron chi connectivity index (χ1n) is 12.1.